The van der Waals surface area contributed by atoms with Gasteiger partial charge in [-0.3, -0.25) is 0 Å². The molecule has 0 N–H and O–H groups in total. The fourth-order valence-electron chi connectivity index (χ4n) is 1.09. The zero-order valence-corrected chi connectivity index (χ0v) is 10.5. The second-order valence-electron chi connectivity index (χ2n) is 4.73. The Bertz CT molecular complexity index is 170. The molecule has 0 saturated carbocycles. The molecule has 0 aliphatic carbocycles. The minimum atomic E-state index is -0.0853. The van der Waals surface area contributed by atoms with E-state index in [1.807, 2.05) is 20.8 Å². The summed E-state index contributed by atoms with van der Waals surface area (Å²) in [6, 6.07) is 0. The van der Waals surface area contributed by atoms with Gasteiger partial charge in [0.15, 0.2) is 0 Å². The molecule has 0 spiro atoms. The highest BCUT2D eigenvalue weighted by Gasteiger charge is 2.08. The van der Waals surface area contributed by atoms with Crippen LogP contribution in [0.3, 0.4) is 0 Å². The number of hydrogen-bond acceptors (Lipinski definition) is 3. The molecule has 0 radical (unpaired) electrons. The van der Waals surface area contributed by atoms with Crippen molar-refractivity contribution in [3.8, 4) is 0 Å². The quantitative estimate of drug-likeness (QED) is 0.585. The van der Waals surface area contributed by atoms with Crippen molar-refractivity contribution in [1.29, 1.82) is 0 Å². The van der Waals surface area contributed by atoms with Crippen molar-refractivity contribution in [2.45, 2.75) is 52.6 Å². The predicted octanol–water partition coefficient (Wildman–Crippen LogP) is 2.58. The van der Waals surface area contributed by atoms with Gasteiger partial charge in [-0.15, -0.1) is 0 Å². The summed E-state index contributed by atoms with van der Waals surface area (Å²) in [6.45, 7) is 9.70. The van der Waals surface area contributed by atoms with Crippen molar-refractivity contribution in [3.63, 3.8) is 0 Å². The number of ether oxygens (including phenoxy) is 2. The number of ketones is 1. The number of carbonyl (C=O) groups is 1. The first kappa shape index (κ1) is 14.6. The molecule has 0 aliphatic rings. The first-order valence-corrected chi connectivity index (χ1v) is 5.63. The van der Waals surface area contributed by atoms with E-state index in [2.05, 4.69) is 0 Å². The maximum absolute atomic E-state index is 10.6. The van der Waals surface area contributed by atoms with Crippen molar-refractivity contribution in [2.75, 3.05) is 19.8 Å². The molecule has 3 nitrogen and oxygen atoms in total. The third-order valence-corrected chi connectivity index (χ3v) is 1.83. The van der Waals surface area contributed by atoms with Gasteiger partial charge in [-0.1, -0.05) is 0 Å². The molecule has 0 saturated heterocycles. The van der Waals surface area contributed by atoms with Gasteiger partial charge in [0.2, 0.25) is 0 Å². The van der Waals surface area contributed by atoms with Crippen LogP contribution in [0.2, 0.25) is 0 Å². The van der Waals surface area contributed by atoms with Gasteiger partial charge in [0.05, 0.1) is 18.8 Å². The minimum Gasteiger partial charge on any atom is -0.379 e. The van der Waals surface area contributed by atoms with Crippen LogP contribution in [-0.4, -0.2) is 31.2 Å². The lowest BCUT2D eigenvalue weighted by Gasteiger charge is -2.19. The van der Waals surface area contributed by atoms with Gasteiger partial charge >= 0.3 is 0 Å². The van der Waals surface area contributed by atoms with Gasteiger partial charge in [-0.2, -0.15) is 0 Å². The minimum absolute atomic E-state index is 0.0853. The summed E-state index contributed by atoms with van der Waals surface area (Å²) in [5.74, 6) is 0.256. The summed E-state index contributed by atoms with van der Waals surface area (Å²) in [5, 5.41) is 0. The highest BCUT2D eigenvalue weighted by molar-refractivity contribution is 5.75. The average Bonchev–Trinajstić information content (AvgIpc) is 2.07. The van der Waals surface area contributed by atoms with Crippen molar-refractivity contribution in [2.24, 2.45) is 0 Å². The van der Waals surface area contributed by atoms with Crippen LogP contribution in [0.5, 0.6) is 0 Å². The number of unbranched alkanes of at least 4 members (excludes halogenated alkanes) is 1. The topological polar surface area (TPSA) is 35.5 Å². The third kappa shape index (κ3) is 13.6. The Labute approximate surface area is 93.1 Å². The molecule has 0 rings (SSSR count). The summed E-state index contributed by atoms with van der Waals surface area (Å²) >= 11 is 0. The van der Waals surface area contributed by atoms with E-state index in [4.69, 9.17) is 9.47 Å². The molecule has 0 bridgehead atoms. The van der Waals surface area contributed by atoms with E-state index in [1.165, 1.54) is 0 Å². The first-order chi connectivity index (χ1) is 6.92. The smallest absolute Gasteiger partial charge is 0.129 e. The molecule has 0 aromatic carbocycles. The summed E-state index contributed by atoms with van der Waals surface area (Å²) in [5.41, 5.74) is -0.0853. The van der Waals surface area contributed by atoms with Gasteiger partial charge in [0.1, 0.15) is 5.78 Å². The van der Waals surface area contributed by atoms with Crippen LogP contribution >= 0.6 is 0 Å². The van der Waals surface area contributed by atoms with E-state index in [9.17, 15) is 4.79 Å². The number of hydrogen-bond donors (Lipinski definition) is 0. The second-order valence-corrected chi connectivity index (χ2v) is 4.73. The molecule has 0 amide bonds. The highest BCUT2D eigenvalue weighted by Crippen LogP contribution is 2.05. The lowest BCUT2D eigenvalue weighted by molar-refractivity contribution is -0.117. The van der Waals surface area contributed by atoms with Crippen LogP contribution in [-0.2, 0) is 14.3 Å². The molecule has 0 aromatic heterocycles. The summed E-state index contributed by atoms with van der Waals surface area (Å²) in [6.07, 6.45) is 2.55. The summed E-state index contributed by atoms with van der Waals surface area (Å²) in [7, 11) is 0. The molecule has 3 heteroatoms. The number of Topliss-reactive ketones (excluding diaryl/α,β-unsaturated/α-hetero) is 1. The Hall–Kier alpha value is -0.410. The number of rotatable bonds is 8. The fraction of sp³-hybridized carbons (Fsp3) is 0.917. The Kier molecular flexibility index (Phi) is 7.61. The lowest BCUT2D eigenvalue weighted by atomic mass is 10.2. The van der Waals surface area contributed by atoms with Crippen molar-refractivity contribution < 1.29 is 14.3 Å². The molecule has 0 heterocycles. The monoisotopic (exact) mass is 216 g/mol. The Morgan fingerprint density at radius 2 is 1.73 bits per heavy atom. The van der Waals surface area contributed by atoms with E-state index < -0.39 is 0 Å². The van der Waals surface area contributed by atoms with Gasteiger partial charge in [-0.05, 0) is 40.5 Å². The molecule has 0 aliphatic heterocycles. The van der Waals surface area contributed by atoms with Gasteiger partial charge < -0.3 is 14.3 Å². The molecule has 15 heavy (non-hydrogen) atoms. The molecular formula is C12H24O3. The molecule has 0 atom stereocenters. The van der Waals surface area contributed by atoms with Crippen LogP contribution in [0.25, 0.3) is 0 Å². The van der Waals surface area contributed by atoms with E-state index >= 15 is 0 Å². The maximum atomic E-state index is 10.6. The van der Waals surface area contributed by atoms with Crippen LogP contribution in [0.1, 0.15) is 47.0 Å². The molecule has 90 valence electrons. The Balaban J connectivity index is 3.09. The number of carbonyl (C=O) groups excluding carboxylic acids is 1. The van der Waals surface area contributed by atoms with Crippen LogP contribution in [0, 0.1) is 0 Å². The third-order valence-electron chi connectivity index (χ3n) is 1.83. The zero-order valence-electron chi connectivity index (χ0n) is 10.5. The zero-order chi connectivity index (χ0) is 11.7. The Morgan fingerprint density at radius 1 is 1.07 bits per heavy atom. The lowest BCUT2D eigenvalue weighted by Crippen LogP contribution is -2.21. The second kappa shape index (κ2) is 7.83. The van der Waals surface area contributed by atoms with Crippen LogP contribution in [0.4, 0.5) is 0 Å². The van der Waals surface area contributed by atoms with Crippen LogP contribution in [0.15, 0.2) is 0 Å². The van der Waals surface area contributed by atoms with E-state index in [0.29, 0.717) is 19.6 Å². The summed E-state index contributed by atoms with van der Waals surface area (Å²) in [4.78, 5) is 10.6. The average molecular weight is 216 g/mol. The van der Waals surface area contributed by atoms with Gasteiger partial charge in [0, 0.05) is 13.0 Å². The largest absolute Gasteiger partial charge is 0.379 e. The van der Waals surface area contributed by atoms with Gasteiger partial charge in [-0.25, -0.2) is 0 Å². The molecule has 0 fully saturated rings. The molecule has 0 unspecified atom stereocenters. The standard InChI is InChI=1S/C12H24O3/c1-11(13)7-5-6-8-14-9-10-15-12(2,3)4/h5-10H2,1-4H3. The first-order valence-electron chi connectivity index (χ1n) is 5.63. The highest BCUT2D eigenvalue weighted by atomic mass is 16.5. The van der Waals surface area contributed by atoms with Crippen LogP contribution < -0.4 is 0 Å². The van der Waals surface area contributed by atoms with E-state index in [1.54, 1.807) is 6.92 Å². The SMILES string of the molecule is CC(=O)CCCCOCCOC(C)(C)C. The molecular weight excluding hydrogens is 192 g/mol. The van der Waals surface area contributed by atoms with E-state index in [-0.39, 0.29) is 11.4 Å². The maximum Gasteiger partial charge on any atom is 0.129 e. The van der Waals surface area contributed by atoms with Crippen molar-refractivity contribution >= 4 is 5.78 Å². The summed E-state index contributed by atoms with van der Waals surface area (Å²) < 4.78 is 10.9. The van der Waals surface area contributed by atoms with E-state index in [0.717, 1.165) is 19.4 Å². The fourth-order valence-corrected chi connectivity index (χ4v) is 1.09. The molecule has 0 aromatic rings. The Morgan fingerprint density at radius 3 is 2.27 bits per heavy atom. The van der Waals surface area contributed by atoms with Crippen molar-refractivity contribution in [1.82, 2.24) is 0 Å². The predicted molar refractivity (Wildman–Crippen MR) is 61.1 cm³/mol. The van der Waals surface area contributed by atoms with Gasteiger partial charge in [0.25, 0.3) is 0 Å². The van der Waals surface area contributed by atoms with Crippen molar-refractivity contribution in [3.05, 3.63) is 0 Å². The normalized spacial score (nSPS) is 11.7.